The topological polar surface area (TPSA) is 76.8 Å². The SMILES string of the molecule is COCc1cc(/C=C\c2ccccc2OCC(O)CNC2CC2)on1. The van der Waals surface area contributed by atoms with Crippen molar-refractivity contribution in [2.24, 2.45) is 0 Å². The van der Waals surface area contributed by atoms with Crippen LogP contribution in [0.5, 0.6) is 5.75 Å². The predicted molar refractivity (Wildman–Crippen MR) is 95.1 cm³/mol. The van der Waals surface area contributed by atoms with Crippen LogP contribution >= 0.6 is 0 Å². The Morgan fingerprint density at radius 1 is 1.36 bits per heavy atom. The van der Waals surface area contributed by atoms with Crippen molar-refractivity contribution < 1.29 is 19.1 Å². The standard InChI is InChI=1S/C19H24N2O4/c1-23-12-16-10-18(25-21-16)9-6-14-4-2-3-5-19(14)24-13-17(22)11-20-15-7-8-15/h2-6,9-10,15,17,20,22H,7-8,11-13H2,1H3/b9-6-. The van der Waals surface area contributed by atoms with Crippen LogP contribution in [0.2, 0.25) is 0 Å². The van der Waals surface area contributed by atoms with Gasteiger partial charge in [0.05, 0.1) is 6.61 Å². The summed E-state index contributed by atoms with van der Waals surface area (Å²) >= 11 is 0. The highest BCUT2D eigenvalue weighted by atomic mass is 16.5. The van der Waals surface area contributed by atoms with Crippen molar-refractivity contribution in [3.8, 4) is 5.75 Å². The molecule has 0 amide bonds. The highest BCUT2D eigenvalue weighted by Gasteiger charge is 2.21. The van der Waals surface area contributed by atoms with Gasteiger partial charge in [0, 0.05) is 31.3 Å². The second kappa shape index (κ2) is 8.80. The lowest BCUT2D eigenvalue weighted by atomic mass is 10.1. The molecule has 1 aliphatic carbocycles. The van der Waals surface area contributed by atoms with E-state index in [4.69, 9.17) is 14.0 Å². The number of ether oxygens (including phenoxy) is 2. The van der Waals surface area contributed by atoms with Crippen molar-refractivity contribution in [3.63, 3.8) is 0 Å². The number of rotatable bonds is 10. The Morgan fingerprint density at radius 3 is 3.00 bits per heavy atom. The molecule has 1 saturated carbocycles. The largest absolute Gasteiger partial charge is 0.490 e. The van der Waals surface area contributed by atoms with Crippen molar-refractivity contribution in [2.75, 3.05) is 20.3 Å². The summed E-state index contributed by atoms with van der Waals surface area (Å²) in [6.45, 7) is 1.23. The molecule has 25 heavy (non-hydrogen) atoms. The summed E-state index contributed by atoms with van der Waals surface area (Å²) in [6.07, 6.45) is 5.62. The van der Waals surface area contributed by atoms with Crippen LogP contribution in [-0.4, -0.2) is 42.7 Å². The highest BCUT2D eigenvalue weighted by molar-refractivity contribution is 5.70. The zero-order valence-electron chi connectivity index (χ0n) is 14.4. The van der Waals surface area contributed by atoms with Crippen molar-refractivity contribution in [1.29, 1.82) is 0 Å². The number of para-hydroxylation sites is 1. The van der Waals surface area contributed by atoms with Gasteiger partial charge < -0.3 is 24.4 Å². The number of benzene rings is 1. The first-order chi connectivity index (χ1) is 12.2. The summed E-state index contributed by atoms with van der Waals surface area (Å²) < 4.78 is 16.0. The molecule has 0 aliphatic heterocycles. The van der Waals surface area contributed by atoms with Gasteiger partial charge in [-0.2, -0.15) is 0 Å². The molecule has 1 unspecified atom stereocenters. The Kier molecular flexibility index (Phi) is 6.22. The van der Waals surface area contributed by atoms with Crippen LogP contribution in [0.15, 0.2) is 34.9 Å². The van der Waals surface area contributed by atoms with Crippen LogP contribution in [0.25, 0.3) is 12.2 Å². The van der Waals surface area contributed by atoms with E-state index in [-0.39, 0.29) is 6.61 Å². The van der Waals surface area contributed by atoms with E-state index in [9.17, 15) is 5.11 Å². The lowest BCUT2D eigenvalue weighted by Gasteiger charge is -2.14. The van der Waals surface area contributed by atoms with Gasteiger partial charge in [0.15, 0.2) is 5.76 Å². The van der Waals surface area contributed by atoms with Gasteiger partial charge in [-0.25, -0.2) is 0 Å². The van der Waals surface area contributed by atoms with Gasteiger partial charge in [-0.3, -0.25) is 0 Å². The summed E-state index contributed by atoms with van der Waals surface area (Å²) in [6, 6.07) is 10.1. The molecule has 6 nitrogen and oxygen atoms in total. The van der Waals surface area contributed by atoms with Gasteiger partial charge >= 0.3 is 0 Å². The van der Waals surface area contributed by atoms with Crippen molar-refractivity contribution >= 4 is 12.2 Å². The van der Waals surface area contributed by atoms with Crippen molar-refractivity contribution in [2.45, 2.75) is 31.6 Å². The first-order valence-electron chi connectivity index (χ1n) is 8.50. The van der Waals surface area contributed by atoms with Crippen molar-refractivity contribution in [1.82, 2.24) is 10.5 Å². The zero-order valence-corrected chi connectivity index (χ0v) is 14.4. The first-order valence-corrected chi connectivity index (χ1v) is 8.50. The number of nitrogens with one attached hydrogen (secondary N) is 1. The summed E-state index contributed by atoms with van der Waals surface area (Å²) in [5, 5.41) is 17.2. The van der Waals surface area contributed by atoms with E-state index in [0.29, 0.717) is 25.0 Å². The van der Waals surface area contributed by atoms with Crippen molar-refractivity contribution in [3.05, 3.63) is 47.3 Å². The maximum atomic E-state index is 10.00. The van der Waals surface area contributed by atoms with E-state index in [1.807, 2.05) is 42.5 Å². The van der Waals surface area contributed by atoms with E-state index in [1.54, 1.807) is 7.11 Å². The Hall–Kier alpha value is -2.15. The van der Waals surface area contributed by atoms with Crippen LogP contribution < -0.4 is 10.1 Å². The lowest BCUT2D eigenvalue weighted by molar-refractivity contribution is 0.106. The minimum absolute atomic E-state index is 0.255. The fourth-order valence-corrected chi connectivity index (χ4v) is 2.38. The van der Waals surface area contributed by atoms with Crippen LogP contribution in [0, 0.1) is 0 Å². The fraction of sp³-hybridized carbons (Fsp3) is 0.421. The summed E-state index contributed by atoms with van der Waals surface area (Å²) in [7, 11) is 1.62. The third-order valence-electron chi connectivity index (χ3n) is 3.87. The molecular weight excluding hydrogens is 320 g/mol. The molecule has 1 aromatic carbocycles. The molecule has 1 fully saturated rings. The minimum Gasteiger partial charge on any atom is -0.490 e. The number of nitrogens with zero attached hydrogens (tertiary/aromatic N) is 1. The molecule has 134 valence electrons. The lowest BCUT2D eigenvalue weighted by Crippen LogP contribution is -2.32. The van der Waals surface area contributed by atoms with Gasteiger partial charge in [0.25, 0.3) is 0 Å². The zero-order chi connectivity index (χ0) is 17.5. The summed E-state index contributed by atoms with van der Waals surface area (Å²) in [5.74, 6) is 1.37. The number of hydrogen-bond acceptors (Lipinski definition) is 6. The molecule has 1 atom stereocenters. The van der Waals surface area contributed by atoms with Crippen LogP contribution in [0.1, 0.15) is 29.9 Å². The molecule has 3 rings (SSSR count). The number of hydrogen-bond donors (Lipinski definition) is 2. The number of aromatic nitrogens is 1. The molecule has 0 spiro atoms. The fourth-order valence-electron chi connectivity index (χ4n) is 2.38. The number of aliphatic hydroxyl groups is 1. The van der Waals surface area contributed by atoms with Gasteiger partial charge in [0.2, 0.25) is 0 Å². The number of methoxy groups -OCH3 is 1. The average molecular weight is 344 g/mol. The van der Waals surface area contributed by atoms with Crippen LogP contribution in [0.4, 0.5) is 0 Å². The Morgan fingerprint density at radius 2 is 2.20 bits per heavy atom. The molecule has 1 aliphatic rings. The van der Waals surface area contributed by atoms with Gasteiger partial charge in [-0.15, -0.1) is 0 Å². The average Bonchev–Trinajstić information content (AvgIpc) is 3.36. The second-order valence-electron chi connectivity index (χ2n) is 6.17. The van der Waals surface area contributed by atoms with Gasteiger partial charge in [-0.1, -0.05) is 23.4 Å². The van der Waals surface area contributed by atoms with Crippen LogP contribution in [0.3, 0.4) is 0 Å². The third-order valence-corrected chi connectivity index (χ3v) is 3.87. The Labute approximate surface area is 147 Å². The molecule has 1 heterocycles. The molecule has 2 N–H and O–H groups in total. The Bertz CT molecular complexity index is 694. The Balaban J connectivity index is 1.56. The molecular formula is C19H24N2O4. The monoisotopic (exact) mass is 344 g/mol. The van der Waals surface area contributed by atoms with Crippen LogP contribution in [-0.2, 0) is 11.3 Å². The quantitative estimate of drug-likeness (QED) is 0.690. The van der Waals surface area contributed by atoms with E-state index < -0.39 is 6.10 Å². The summed E-state index contributed by atoms with van der Waals surface area (Å²) in [4.78, 5) is 0. The van der Waals surface area contributed by atoms with Gasteiger partial charge in [0.1, 0.15) is 24.2 Å². The maximum absolute atomic E-state index is 10.00. The molecule has 0 saturated heterocycles. The number of aliphatic hydroxyl groups excluding tert-OH is 1. The smallest absolute Gasteiger partial charge is 0.160 e. The first kappa shape index (κ1) is 17.7. The van der Waals surface area contributed by atoms with E-state index in [0.717, 1.165) is 17.0 Å². The van der Waals surface area contributed by atoms with Gasteiger partial charge in [-0.05, 0) is 31.1 Å². The normalized spacial score (nSPS) is 15.6. The summed E-state index contributed by atoms with van der Waals surface area (Å²) in [5.41, 5.74) is 1.66. The van der Waals surface area contributed by atoms with E-state index >= 15 is 0 Å². The van der Waals surface area contributed by atoms with E-state index in [2.05, 4.69) is 10.5 Å². The molecule has 0 bridgehead atoms. The van der Waals surface area contributed by atoms with E-state index in [1.165, 1.54) is 12.8 Å². The predicted octanol–water partition coefficient (Wildman–Crippen LogP) is 2.48. The molecule has 2 aromatic rings. The third kappa shape index (κ3) is 5.70. The molecule has 1 aromatic heterocycles. The molecule has 0 radical (unpaired) electrons. The molecule has 6 heteroatoms. The highest BCUT2D eigenvalue weighted by Crippen LogP contribution is 2.21. The minimum atomic E-state index is -0.525. The second-order valence-corrected chi connectivity index (χ2v) is 6.17. The maximum Gasteiger partial charge on any atom is 0.160 e.